The first-order valence-electron chi connectivity index (χ1n) is 4.02. The maximum absolute atomic E-state index is 5.52. The molecule has 3 heteroatoms. The van der Waals surface area contributed by atoms with Gasteiger partial charge >= 0.3 is 0 Å². The second-order valence-electron chi connectivity index (χ2n) is 2.61. The number of alkyl halides is 1. The number of pyridine rings is 1. The SMILES string of the molecule is Cc1nc(N)ccc1C#CCCBr. The van der Waals surface area contributed by atoms with Crippen LogP contribution in [-0.4, -0.2) is 10.3 Å². The fourth-order valence-corrected chi connectivity index (χ4v) is 1.12. The van der Waals surface area contributed by atoms with E-state index in [0.29, 0.717) is 5.82 Å². The summed E-state index contributed by atoms with van der Waals surface area (Å²) in [5, 5.41) is 0.904. The summed E-state index contributed by atoms with van der Waals surface area (Å²) in [5.74, 6) is 6.62. The molecule has 0 aliphatic rings. The van der Waals surface area contributed by atoms with Crippen LogP contribution in [0, 0.1) is 18.8 Å². The van der Waals surface area contributed by atoms with Gasteiger partial charge in [0.2, 0.25) is 0 Å². The van der Waals surface area contributed by atoms with Crippen molar-refractivity contribution in [2.45, 2.75) is 13.3 Å². The first kappa shape index (κ1) is 10.1. The van der Waals surface area contributed by atoms with Gasteiger partial charge in [-0.15, -0.1) is 0 Å². The predicted octanol–water partition coefficient (Wildman–Crippen LogP) is 2.11. The van der Waals surface area contributed by atoms with E-state index in [1.54, 1.807) is 6.07 Å². The largest absolute Gasteiger partial charge is 0.384 e. The lowest BCUT2D eigenvalue weighted by Crippen LogP contribution is -1.94. The average molecular weight is 239 g/mol. The molecule has 0 fully saturated rings. The van der Waals surface area contributed by atoms with Crippen molar-refractivity contribution >= 4 is 21.7 Å². The van der Waals surface area contributed by atoms with Crippen LogP contribution in [0.25, 0.3) is 0 Å². The lowest BCUT2D eigenvalue weighted by molar-refractivity contribution is 1.19. The minimum atomic E-state index is 0.545. The fourth-order valence-electron chi connectivity index (χ4n) is 0.918. The fraction of sp³-hybridized carbons (Fsp3) is 0.300. The number of nitrogen functional groups attached to an aromatic ring is 1. The Hall–Kier alpha value is -1.01. The Kier molecular flexibility index (Phi) is 3.78. The molecule has 1 rings (SSSR count). The van der Waals surface area contributed by atoms with Crippen LogP contribution in [-0.2, 0) is 0 Å². The molecule has 0 aliphatic carbocycles. The monoisotopic (exact) mass is 238 g/mol. The zero-order valence-corrected chi connectivity index (χ0v) is 9.06. The highest BCUT2D eigenvalue weighted by Crippen LogP contribution is 2.06. The number of hydrogen-bond acceptors (Lipinski definition) is 2. The van der Waals surface area contributed by atoms with Gasteiger partial charge in [-0.2, -0.15) is 0 Å². The van der Waals surface area contributed by atoms with E-state index in [0.717, 1.165) is 23.0 Å². The van der Waals surface area contributed by atoms with Crippen molar-refractivity contribution in [3.63, 3.8) is 0 Å². The number of aryl methyl sites for hydroxylation is 1. The maximum Gasteiger partial charge on any atom is 0.123 e. The molecule has 0 aliphatic heterocycles. The van der Waals surface area contributed by atoms with Gasteiger partial charge in [-0.3, -0.25) is 0 Å². The minimum absolute atomic E-state index is 0.545. The summed E-state index contributed by atoms with van der Waals surface area (Å²) in [6.45, 7) is 1.91. The molecule has 0 aromatic carbocycles. The van der Waals surface area contributed by atoms with Crippen LogP contribution in [0.5, 0.6) is 0 Å². The van der Waals surface area contributed by atoms with E-state index in [1.165, 1.54) is 0 Å². The molecular formula is C10H11BrN2. The van der Waals surface area contributed by atoms with E-state index in [4.69, 9.17) is 5.73 Å². The highest BCUT2D eigenvalue weighted by Gasteiger charge is 1.95. The first-order chi connectivity index (χ1) is 6.24. The molecule has 1 heterocycles. The van der Waals surface area contributed by atoms with Crippen LogP contribution in [0.2, 0.25) is 0 Å². The molecule has 0 atom stereocenters. The third-order valence-electron chi connectivity index (χ3n) is 1.55. The normalized spacial score (nSPS) is 9.08. The topological polar surface area (TPSA) is 38.9 Å². The van der Waals surface area contributed by atoms with Crippen molar-refractivity contribution in [2.75, 3.05) is 11.1 Å². The molecule has 0 saturated carbocycles. The summed E-state index contributed by atoms with van der Waals surface area (Å²) in [5.41, 5.74) is 7.36. The Labute approximate surface area is 86.7 Å². The van der Waals surface area contributed by atoms with Gasteiger partial charge in [0.1, 0.15) is 5.82 Å². The number of halogens is 1. The summed E-state index contributed by atoms with van der Waals surface area (Å²) in [4.78, 5) is 4.12. The van der Waals surface area contributed by atoms with Crippen molar-refractivity contribution < 1.29 is 0 Å². The summed E-state index contributed by atoms with van der Waals surface area (Å²) in [7, 11) is 0. The van der Waals surface area contributed by atoms with E-state index in [2.05, 4.69) is 32.8 Å². The maximum atomic E-state index is 5.52. The Morgan fingerprint density at radius 3 is 2.92 bits per heavy atom. The molecule has 0 bridgehead atoms. The van der Waals surface area contributed by atoms with Gasteiger partial charge in [0.05, 0.1) is 5.69 Å². The number of nitrogens with zero attached hydrogens (tertiary/aromatic N) is 1. The summed E-state index contributed by atoms with van der Waals surface area (Å²) in [6, 6.07) is 3.67. The smallest absolute Gasteiger partial charge is 0.123 e. The number of hydrogen-bond donors (Lipinski definition) is 1. The van der Waals surface area contributed by atoms with Gasteiger partial charge < -0.3 is 5.73 Å². The lowest BCUT2D eigenvalue weighted by atomic mass is 10.2. The van der Waals surface area contributed by atoms with Crippen LogP contribution in [0.1, 0.15) is 17.7 Å². The standard InChI is InChI=1S/C10H11BrN2/c1-8-9(4-2-3-7-11)5-6-10(12)13-8/h5-6H,3,7H2,1H3,(H2,12,13). The van der Waals surface area contributed by atoms with Crippen molar-refractivity contribution in [3.8, 4) is 11.8 Å². The predicted molar refractivity (Wildman–Crippen MR) is 58.7 cm³/mol. The molecule has 1 aromatic heterocycles. The Morgan fingerprint density at radius 1 is 1.54 bits per heavy atom. The van der Waals surface area contributed by atoms with E-state index in [9.17, 15) is 0 Å². The quantitative estimate of drug-likeness (QED) is 0.602. The van der Waals surface area contributed by atoms with Gasteiger partial charge in [0, 0.05) is 17.3 Å². The van der Waals surface area contributed by atoms with E-state index < -0.39 is 0 Å². The van der Waals surface area contributed by atoms with Crippen LogP contribution >= 0.6 is 15.9 Å². The van der Waals surface area contributed by atoms with Gasteiger partial charge in [-0.1, -0.05) is 27.8 Å². The molecular weight excluding hydrogens is 228 g/mol. The van der Waals surface area contributed by atoms with Crippen molar-refractivity contribution in [1.82, 2.24) is 4.98 Å². The van der Waals surface area contributed by atoms with Crippen LogP contribution < -0.4 is 5.73 Å². The lowest BCUT2D eigenvalue weighted by Gasteiger charge is -1.97. The molecule has 13 heavy (non-hydrogen) atoms. The van der Waals surface area contributed by atoms with E-state index >= 15 is 0 Å². The first-order valence-corrected chi connectivity index (χ1v) is 5.14. The minimum Gasteiger partial charge on any atom is -0.384 e. The summed E-state index contributed by atoms with van der Waals surface area (Å²) in [6.07, 6.45) is 0.851. The molecule has 0 amide bonds. The molecule has 2 N–H and O–H groups in total. The second-order valence-corrected chi connectivity index (χ2v) is 3.40. The number of aromatic nitrogens is 1. The Bertz CT molecular complexity index is 350. The zero-order chi connectivity index (χ0) is 9.68. The summed E-state index contributed by atoms with van der Waals surface area (Å²) >= 11 is 3.31. The Morgan fingerprint density at radius 2 is 2.31 bits per heavy atom. The Balaban J connectivity index is 2.85. The molecule has 68 valence electrons. The molecule has 0 saturated heterocycles. The number of rotatable bonds is 1. The van der Waals surface area contributed by atoms with Gasteiger partial charge in [-0.25, -0.2) is 4.98 Å². The molecule has 0 spiro atoms. The second kappa shape index (κ2) is 4.88. The number of nitrogens with two attached hydrogens (primary N) is 1. The van der Waals surface area contributed by atoms with E-state index in [1.807, 2.05) is 13.0 Å². The van der Waals surface area contributed by atoms with Crippen molar-refractivity contribution in [3.05, 3.63) is 23.4 Å². The van der Waals surface area contributed by atoms with Crippen LogP contribution in [0.4, 0.5) is 5.82 Å². The van der Waals surface area contributed by atoms with Crippen molar-refractivity contribution in [1.29, 1.82) is 0 Å². The van der Waals surface area contributed by atoms with Gasteiger partial charge in [-0.05, 0) is 19.1 Å². The molecule has 0 unspecified atom stereocenters. The highest BCUT2D eigenvalue weighted by atomic mass is 79.9. The van der Waals surface area contributed by atoms with Crippen LogP contribution in [0.3, 0.4) is 0 Å². The van der Waals surface area contributed by atoms with E-state index in [-0.39, 0.29) is 0 Å². The van der Waals surface area contributed by atoms with Crippen molar-refractivity contribution in [2.24, 2.45) is 0 Å². The van der Waals surface area contributed by atoms with Gasteiger partial charge in [0.25, 0.3) is 0 Å². The molecule has 1 aromatic rings. The third kappa shape index (κ3) is 3.08. The third-order valence-corrected chi connectivity index (χ3v) is 1.95. The number of anilines is 1. The van der Waals surface area contributed by atoms with Crippen LogP contribution in [0.15, 0.2) is 12.1 Å². The van der Waals surface area contributed by atoms with Gasteiger partial charge in [0.15, 0.2) is 0 Å². The molecule has 2 nitrogen and oxygen atoms in total. The highest BCUT2D eigenvalue weighted by molar-refractivity contribution is 9.09. The molecule has 0 radical (unpaired) electrons. The average Bonchev–Trinajstić information content (AvgIpc) is 2.09. The summed E-state index contributed by atoms with van der Waals surface area (Å²) < 4.78 is 0. The zero-order valence-electron chi connectivity index (χ0n) is 7.47.